The van der Waals surface area contributed by atoms with Gasteiger partial charge in [0.1, 0.15) is 0 Å². The quantitative estimate of drug-likeness (QED) is 0.740. The number of aromatic nitrogens is 1. The first-order valence-electron chi connectivity index (χ1n) is 7.32. The highest BCUT2D eigenvalue weighted by Crippen LogP contribution is 2.27. The lowest BCUT2D eigenvalue weighted by molar-refractivity contribution is 0.100. The number of pyridine rings is 1. The number of nitrogens with two attached hydrogens (primary N) is 1. The van der Waals surface area contributed by atoms with Gasteiger partial charge in [0.25, 0.3) is 5.91 Å². The van der Waals surface area contributed by atoms with Crippen LogP contribution in [-0.4, -0.2) is 10.9 Å². The van der Waals surface area contributed by atoms with E-state index < -0.39 is 5.91 Å². The van der Waals surface area contributed by atoms with Crippen LogP contribution in [0.1, 0.15) is 21.5 Å². The second-order valence-electron chi connectivity index (χ2n) is 5.12. The number of carbonyl (C=O) groups is 1. The fraction of sp³-hybridized carbons (Fsp3) is 0. The Morgan fingerprint density at radius 2 is 1.61 bits per heavy atom. The van der Waals surface area contributed by atoms with E-state index in [4.69, 9.17) is 5.73 Å². The van der Waals surface area contributed by atoms with Crippen LogP contribution in [0.4, 0.5) is 0 Å². The molecule has 0 radical (unpaired) electrons. The summed E-state index contributed by atoms with van der Waals surface area (Å²) in [5.74, 6) is -0.477. The van der Waals surface area contributed by atoms with Gasteiger partial charge in [0.15, 0.2) is 0 Å². The third kappa shape index (κ3) is 3.35. The van der Waals surface area contributed by atoms with Crippen LogP contribution in [0.25, 0.3) is 23.3 Å². The molecule has 3 rings (SSSR count). The minimum atomic E-state index is -0.477. The van der Waals surface area contributed by atoms with Crippen molar-refractivity contribution in [1.82, 2.24) is 4.98 Å². The van der Waals surface area contributed by atoms with Gasteiger partial charge in [0, 0.05) is 12.4 Å². The summed E-state index contributed by atoms with van der Waals surface area (Å²) in [6, 6.07) is 19.8. The summed E-state index contributed by atoms with van der Waals surface area (Å²) in [4.78, 5) is 15.6. The number of hydrogen-bond acceptors (Lipinski definition) is 2. The first-order chi connectivity index (χ1) is 11.3. The number of nitrogens with zero attached hydrogens (tertiary/aromatic N) is 1. The van der Waals surface area contributed by atoms with E-state index in [0.29, 0.717) is 5.56 Å². The SMILES string of the molecule is NC(=O)c1cnccc1-c1ccccc1C=Cc1ccccc1. The Morgan fingerprint density at radius 1 is 0.870 bits per heavy atom. The Labute approximate surface area is 135 Å². The lowest BCUT2D eigenvalue weighted by Crippen LogP contribution is -2.12. The summed E-state index contributed by atoms with van der Waals surface area (Å²) in [6.45, 7) is 0. The predicted octanol–water partition coefficient (Wildman–Crippen LogP) is 4.02. The Balaban J connectivity index is 2.06. The van der Waals surface area contributed by atoms with Crippen LogP contribution in [0, 0.1) is 0 Å². The van der Waals surface area contributed by atoms with Crippen molar-refractivity contribution >= 4 is 18.1 Å². The summed E-state index contributed by atoms with van der Waals surface area (Å²) in [6.07, 6.45) is 7.26. The third-order valence-corrected chi connectivity index (χ3v) is 3.59. The summed E-state index contributed by atoms with van der Waals surface area (Å²) in [7, 11) is 0. The molecule has 0 saturated carbocycles. The van der Waals surface area contributed by atoms with Crippen molar-refractivity contribution in [3.63, 3.8) is 0 Å². The lowest BCUT2D eigenvalue weighted by atomic mass is 9.96. The van der Waals surface area contributed by atoms with Crippen LogP contribution in [0.15, 0.2) is 73.1 Å². The molecule has 0 aliphatic rings. The minimum Gasteiger partial charge on any atom is -0.366 e. The molecule has 0 unspecified atom stereocenters. The van der Waals surface area contributed by atoms with Gasteiger partial charge in [-0.25, -0.2) is 0 Å². The molecule has 0 aliphatic heterocycles. The Kier molecular flexibility index (Phi) is 4.29. The highest BCUT2D eigenvalue weighted by Gasteiger charge is 2.11. The molecule has 112 valence electrons. The van der Waals surface area contributed by atoms with Crippen molar-refractivity contribution in [2.45, 2.75) is 0 Å². The summed E-state index contributed by atoms with van der Waals surface area (Å²) in [5.41, 5.74) is 9.78. The zero-order valence-electron chi connectivity index (χ0n) is 12.5. The van der Waals surface area contributed by atoms with E-state index in [2.05, 4.69) is 4.98 Å². The van der Waals surface area contributed by atoms with Gasteiger partial charge < -0.3 is 5.73 Å². The van der Waals surface area contributed by atoms with Crippen LogP contribution in [0.3, 0.4) is 0 Å². The van der Waals surface area contributed by atoms with Crippen LogP contribution >= 0.6 is 0 Å². The van der Waals surface area contributed by atoms with Gasteiger partial charge in [0.05, 0.1) is 5.56 Å². The monoisotopic (exact) mass is 300 g/mol. The highest BCUT2D eigenvalue weighted by molar-refractivity contribution is 6.00. The molecule has 0 bridgehead atoms. The zero-order valence-corrected chi connectivity index (χ0v) is 12.5. The Bertz CT molecular complexity index is 854. The summed E-state index contributed by atoms with van der Waals surface area (Å²) >= 11 is 0. The molecule has 0 atom stereocenters. The molecule has 3 heteroatoms. The van der Waals surface area contributed by atoms with Crippen molar-refractivity contribution in [2.24, 2.45) is 5.73 Å². The van der Waals surface area contributed by atoms with Gasteiger partial charge in [-0.05, 0) is 28.3 Å². The zero-order chi connectivity index (χ0) is 16.1. The molecule has 1 aromatic heterocycles. The van der Waals surface area contributed by atoms with Crippen LogP contribution < -0.4 is 5.73 Å². The molecule has 0 aliphatic carbocycles. The first kappa shape index (κ1) is 14.7. The topological polar surface area (TPSA) is 56.0 Å². The first-order valence-corrected chi connectivity index (χ1v) is 7.32. The number of rotatable bonds is 4. The molecule has 2 N–H and O–H groups in total. The van der Waals surface area contributed by atoms with Gasteiger partial charge in [0.2, 0.25) is 0 Å². The minimum absolute atomic E-state index is 0.424. The van der Waals surface area contributed by atoms with Crippen LogP contribution in [0.5, 0.6) is 0 Å². The van der Waals surface area contributed by atoms with E-state index in [9.17, 15) is 4.79 Å². The second kappa shape index (κ2) is 6.71. The van der Waals surface area contributed by atoms with Crippen molar-refractivity contribution in [3.8, 4) is 11.1 Å². The molecular formula is C20H16N2O. The largest absolute Gasteiger partial charge is 0.366 e. The van der Waals surface area contributed by atoms with Crippen molar-refractivity contribution in [2.75, 3.05) is 0 Å². The predicted molar refractivity (Wildman–Crippen MR) is 93.6 cm³/mol. The highest BCUT2D eigenvalue weighted by atomic mass is 16.1. The van der Waals surface area contributed by atoms with Crippen LogP contribution in [-0.2, 0) is 0 Å². The summed E-state index contributed by atoms with van der Waals surface area (Å²) in [5, 5.41) is 0. The molecule has 1 heterocycles. The second-order valence-corrected chi connectivity index (χ2v) is 5.12. The van der Waals surface area contributed by atoms with Crippen molar-refractivity contribution in [3.05, 3.63) is 89.7 Å². The maximum Gasteiger partial charge on any atom is 0.250 e. The van der Waals surface area contributed by atoms with E-state index in [-0.39, 0.29) is 0 Å². The van der Waals surface area contributed by atoms with E-state index in [0.717, 1.165) is 22.3 Å². The maximum atomic E-state index is 11.6. The number of amides is 1. The molecule has 1 amide bonds. The number of carbonyl (C=O) groups excluding carboxylic acids is 1. The molecule has 0 spiro atoms. The average molecular weight is 300 g/mol. The molecule has 0 fully saturated rings. The lowest BCUT2D eigenvalue weighted by Gasteiger charge is -2.09. The smallest absolute Gasteiger partial charge is 0.250 e. The molecule has 0 saturated heterocycles. The number of primary amides is 1. The van der Waals surface area contributed by atoms with Crippen LogP contribution in [0.2, 0.25) is 0 Å². The van der Waals surface area contributed by atoms with E-state index >= 15 is 0 Å². The van der Waals surface area contributed by atoms with Gasteiger partial charge in [-0.15, -0.1) is 0 Å². The molecule has 3 aromatic rings. The number of benzene rings is 2. The van der Waals surface area contributed by atoms with E-state index in [1.165, 1.54) is 6.20 Å². The average Bonchev–Trinajstić information content (AvgIpc) is 2.61. The molecule has 3 nitrogen and oxygen atoms in total. The Morgan fingerprint density at radius 3 is 2.39 bits per heavy atom. The molecule has 2 aromatic carbocycles. The normalized spacial score (nSPS) is 10.8. The van der Waals surface area contributed by atoms with Gasteiger partial charge in [-0.2, -0.15) is 0 Å². The number of hydrogen-bond donors (Lipinski definition) is 1. The van der Waals surface area contributed by atoms with Gasteiger partial charge in [-0.3, -0.25) is 9.78 Å². The standard InChI is InChI=1S/C20H16N2O/c21-20(23)19-14-22-13-12-18(19)17-9-5-4-8-16(17)11-10-15-6-2-1-3-7-15/h1-14H,(H2,21,23). The van der Waals surface area contributed by atoms with Crippen molar-refractivity contribution in [1.29, 1.82) is 0 Å². The molecule has 23 heavy (non-hydrogen) atoms. The van der Waals surface area contributed by atoms with Gasteiger partial charge in [-0.1, -0.05) is 66.7 Å². The maximum absolute atomic E-state index is 11.6. The van der Waals surface area contributed by atoms with E-state index in [1.807, 2.05) is 72.8 Å². The van der Waals surface area contributed by atoms with Crippen molar-refractivity contribution < 1.29 is 4.79 Å². The fourth-order valence-corrected chi connectivity index (χ4v) is 2.46. The molecular weight excluding hydrogens is 284 g/mol. The third-order valence-electron chi connectivity index (χ3n) is 3.59. The fourth-order valence-electron chi connectivity index (χ4n) is 2.46. The van der Waals surface area contributed by atoms with E-state index in [1.54, 1.807) is 6.20 Å². The summed E-state index contributed by atoms with van der Waals surface area (Å²) < 4.78 is 0. The van der Waals surface area contributed by atoms with Gasteiger partial charge >= 0.3 is 0 Å². The Hall–Kier alpha value is -3.20.